The SMILES string of the molecule is CCN(CC)C(=O)C1=C(C)N=c2s/c(=C\c3ccc(-c4ccc(C(=O)OC(C)C)cc4C)o3)c(=O)n2[C@@H]1c1cc(OC)ccc1OC. The van der Waals surface area contributed by atoms with Gasteiger partial charge in [0.1, 0.15) is 29.1 Å². The monoisotopic (exact) mass is 657 g/mol. The molecule has 0 saturated heterocycles. The van der Waals surface area contributed by atoms with E-state index in [0.29, 0.717) is 67.8 Å². The molecule has 4 aromatic rings. The molecule has 2 aromatic heterocycles. The number of likely N-dealkylation sites (N-methyl/N-ethyl adjacent to an activating group) is 1. The largest absolute Gasteiger partial charge is 0.497 e. The molecule has 0 saturated carbocycles. The summed E-state index contributed by atoms with van der Waals surface area (Å²) in [5, 5.41) is 0. The third-order valence-electron chi connectivity index (χ3n) is 8.00. The zero-order valence-corrected chi connectivity index (χ0v) is 28.7. The van der Waals surface area contributed by atoms with Crippen LogP contribution in [0.2, 0.25) is 0 Å². The van der Waals surface area contributed by atoms with Crippen LogP contribution >= 0.6 is 11.3 Å². The van der Waals surface area contributed by atoms with Crippen LogP contribution in [-0.2, 0) is 9.53 Å². The van der Waals surface area contributed by atoms with E-state index in [1.54, 1.807) is 73.1 Å². The fraction of sp³-hybridized carbons (Fsp3) is 0.333. The molecule has 0 fully saturated rings. The Balaban J connectivity index is 1.61. The lowest BCUT2D eigenvalue weighted by Gasteiger charge is -2.30. The number of allylic oxidation sites excluding steroid dienone is 1. The molecule has 3 heterocycles. The Labute approximate surface area is 277 Å². The Morgan fingerprint density at radius 2 is 1.79 bits per heavy atom. The van der Waals surface area contributed by atoms with Gasteiger partial charge in [0.15, 0.2) is 4.80 Å². The number of esters is 1. The van der Waals surface area contributed by atoms with Gasteiger partial charge in [0.05, 0.1) is 41.7 Å². The predicted molar refractivity (Wildman–Crippen MR) is 181 cm³/mol. The number of methoxy groups -OCH3 is 2. The second-order valence-corrected chi connectivity index (χ2v) is 12.4. The van der Waals surface area contributed by atoms with Crippen LogP contribution < -0.4 is 24.4 Å². The summed E-state index contributed by atoms with van der Waals surface area (Å²) in [7, 11) is 3.12. The summed E-state index contributed by atoms with van der Waals surface area (Å²) < 4.78 is 24.7. The summed E-state index contributed by atoms with van der Waals surface area (Å²) in [6, 6.07) is 13.4. The second kappa shape index (κ2) is 13.8. The maximum atomic E-state index is 14.2. The average molecular weight is 658 g/mol. The van der Waals surface area contributed by atoms with Crippen molar-refractivity contribution in [2.45, 2.75) is 53.7 Å². The zero-order chi connectivity index (χ0) is 34.0. The maximum absolute atomic E-state index is 14.2. The number of hydrogen-bond acceptors (Lipinski definition) is 9. The third kappa shape index (κ3) is 6.53. The van der Waals surface area contributed by atoms with Gasteiger partial charge in [-0.25, -0.2) is 9.79 Å². The Bertz CT molecular complexity index is 2050. The van der Waals surface area contributed by atoms with Crippen molar-refractivity contribution in [3.8, 4) is 22.8 Å². The number of thiazole rings is 1. The molecule has 0 radical (unpaired) electrons. The first-order valence-corrected chi connectivity index (χ1v) is 16.3. The van der Waals surface area contributed by atoms with Gasteiger partial charge in [-0.15, -0.1) is 0 Å². The molecule has 246 valence electrons. The molecule has 0 aliphatic carbocycles. The van der Waals surface area contributed by atoms with Crippen molar-refractivity contribution in [1.82, 2.24) is 9.47 Å². The van der Waals surface area contributed by atoms with Gasteiger partial charge < -0.3 is 23.5 Å². The highest BCUT2D eigenvalue weighted by Gasteiger charge is 2.36. The lowest BCUT2D eigenvalue weighted by Crippen LogP contribution is -2.43. The van der Waals surface area contributed by atoms with E-state index in [9.17, 15) is 14.4 Å². The van der Waals surface area contributed by atoms with Crippen LogP contribution in [0.4, 0.5) is 0 Å². The highest BCUT2D eigenvalue weighted by molar-refractivity contribution is 7.07. The van der Waals surface area contributed by atoms with Crippen molar-refractivity contribution >= 4 is 29.3 Å². The van der Waals surface area contributed by atoms with Crippen molar-refractivity contribution in [3.63, 3.8) is 0 Å². The van der Waals surface area contributed by atoms with Gasteiger partial charge in [-0.1, -0.05) is 17.4 Å². The first kappa shape index (κ1) is 33.5. The molecule has 1 aliphatic rings. The highest BCUT2D eigenvalue weighted by atomic mass is 32.1. The summed E-state index contributed by atoms with van der Waals surface area (Å²) in [4.78, 5) is 47.5. The van der Waals surface area contributed by atoms with E-state index in [4.69, 9.17) is 23.6 Å². The lowest BCUT2D eigenvalue weighted by molar-refractivity contribution is -0.127. The van der Waals surface area contributed by atoms with Crippen LogP contribution in [0.5, 0.6) is 11.5 Å². The number of amides is 1. The molecule has 5 rings (SSSR count). The topological polar surface area (TPSA) is 113 Å². The smallest absolute Gasteiger partial charge is 0.338 e. The van der Waals surface area contributed by atoms with Crippen molar-refractivity contribution in [1.29, 1.82) is 0 Å². The van der Waals surface area contributed by atoms with E-state index >= 15 is 0 Å². The molecule has 1 aliphatic heterocycles. The van der Waals surface area contributed by atoms with E-state index in [2.05, 4.69) is 0 Å². The van der Waals surface area contributed by atoms with E-state index < -0.39 is 6.04 Å². The van der Waals surface area contributed by atoms with Crippen LogP contribution in [0, 0.1) is 6.92 Å². The van der Waals surface area contributed by atoms with E-state index in [1.807, 2.05) is 46.8 Å². The summed E-state index contributed by atoms with van der Waals surface area (Å²) in [5.41, 5.74) is 3.34. The van der Waals surface area contributed by atoms with Crippen LogP contribution in [0.25, 0.3) is 17.4 Å². The summed E-state index contributed by atoms with van der Waals surface area (Å²) in [6.07, 6.45) is 1.47. The second-order valence-electron chi connectivity index (χ2n) is 11.4. The minimum atomic E-state index is -0.803. The highest BCUT2D eigenvalue weighted by Crippen LogP contribution is 2.38. The Morgan fingerprint density at radius 1 is 1.04 bits per heavy atom. The van der Waals surface area contributed by atoms with E-state index in [0.717, 1.165) is 11.1 Å². The Kier molecular flexibility index (Phi) is 9.85. The molecule has 1 amide bonds. The minimum absolute atomic E-state index is 0.199. The van der Waals surface area contributed by atoms with Gasteiger partial charge >= 0.3 is 5.97 Å². The number of aromatic nitrogens is 1. The van der Waals surface area contributed by atoms with Crippen LogP contribution in [-0.4, -0.2) is 54.8 Å². The van der Waals surface area contributed by atoms with Crippen molar-refractivity contribution < 1.29 is 28.2 Å². The van der Waals surface area contributed by atoms with Gasteiger partial charge in [0.2, 0.25) is 0 Å². The number of carbonyl (C=O) groups excluding carboxylic acids is 2. The van der Waals surface area contributed by atoms with Gasteiger partial charge in [-0.3, -0.25) is 14.2 Å². The number of carbonyl (C=O) groups is 2. The standard InChI is InChI=1S/C36H39N3O7S/c1-9-38(10-2)34(41)31-22(6)37-36-39(32(31)27-18-24(43-7)12-15-28(27)44-8)33(40)30(47-36)19-25-13-16-29(46-25)26-14-11-23(17-21(26)5)35(42)45-20(3)4/h11-20,32H,9-10H2,1-8H3/b30-19-/t32-/m1/s1. The van der Waals surface area contributed by atoms with Crippen LogP contribution in [0.3, 0.4) is 0 Å². The molecular formula is C36H39N3O7S. The molecule has 1 atom stereocenters. The van der Waals surface area contributed by atoms with Crippen molar-refractivity contribution in [3.05, 3.63) is 102 Å². The molecule has 0 bridgehead atoms. The number of rotatable bonds is 10. The van der Waals surface area contributed by atoms with Crippen LogP contribution in [0.1, 0.15) is 67.9 Å². The molecule has 47 heavy (non-hydrogen) atoms. The average Bonchev–Trinajstić information content (AvgIpc) is 3.63. The van der Waals surface area contributed by atoms with Gasteiger partial charge in [-0.2, -0.15) is 0 Å². The predicted octanol–water partition coefficient (Wildman–Crippen LogP) is 5.25. The molecule has 0 unspecified atom stereocenters. The number of benzene rings is 2. The number of ether oxygens (including phenoxy) is 3. The molecule has 0 N–H and O–H groups in total. The molecule has 0 spiro atoms. The first-order chi connectivity index (χ1) is 22.5. The van der Waals surface area contributed by atoms with E-state index in [-0.39, 0.29) is 23.5 Å². The molecular weight excluding hydrogens is 618 g/mol. The summed E-state index contributed by atoms with van der Waals surface area (Å²) >= 11 is 1.22. The lowest BCUT2D eigenvalue weighted by atomic mass is 9.93. The molecule has 10 nitrogen and oxygen atoms in total. The first-order valence-electron chi connectivity index (χ1n) is 15.5. The normalized spacial score (nSPS) is 14.6. The number of hydrogen-bond donors (Lipinski definition) is 0. The summed E-state index contributed by atoms with van der Waals surface area (Å²) in [6.45, 7) is 12.2. The Hall–Kier alpha value is -4.90. The number of furan rings is 1. The number of aryl methyl sites for hydroxylation is 1. The van der Waals surface area contributed by atoms with Gasteiger partial charge in [0.25, 0.3) is 11.5 Å². The van der Waals surface area contributed by atoms with Crippen molar-refractivity contribution in [2.75, 3.05) is 27.3 Å². The van der Waals surface area contributed by atoms with Crippen molar-refractivity contribution in [2.24, 2.45) is 4.99 Å². The summed E-state index contributed by atoms with van der Waals surface area (Å²) in [5.74, 6) is 1.56. The van der Waals surface area contributed by atoms with Gasteiger partial charge in [0, 0.05) is 30.3 Å². The number of fused-ring (bicyclic) bond motifs is 1. The fourth-order valence-electron chi connectivity index (χ4n) is 5.68. The Morgan fingerprint density at radius 3 is 2.43 bits per heavy atom. The molecule has 2 aromatic carbocycles. The minimum Gasteiger partial charge on any atom is -0.497 e. The van der Waals surface area contributed by atoms with Crippen LogP contribution in [0.15, 0.2) is 74.0 Å². The van der Waals surface area contributed by atoms with Gasteiger partial charge in [-0.05, 0) is 89.6 Å². The maximum Gasteiger partial charge on any atom is 0.338 e. The number of nitrogens with zero attached hydrogens (tertiary/aromatic N) is 3. The third-order valence-corrected chi connectivity index (χ3v) is 8.99. The fourth-order valence-corrected chi connectivity index (χ4v) is 6.70. The quantitative estimate of drug-likeness (QED) is 0.214. The molecule has 11 heteroatoms. The van der Waals surface area contributed by atoms with E-state index in [1.165, 1.54) is 11.3 Å². The zero-order valence-electron chi connectivity index (χ0n) is 27.9.